The molecule has 5 nitrogen and oxygen atoms in total. The lowest BCUT2D eigenvalue weighted by Gasteiger charge is -2.14. The maximum Gasteiger partial charge on any atom is 0.251 e. The number of nitrogens with zero attached hydrogens (tertiary/aromatic N) is 1. The van der Waals surface area contributed by atoms with E-state index in [2.05, 4.69) is 46.9 Å². The van der Waals surface area contributed by atoms with Gasteiger partial charge in [-0.25, -0.2) is 0 Å². The molecule has 0 fully saturated rings. The normalized spacial score (nSPS) is 12.4. The summed E-state index contributed by atoms with van der Waals surface area (Å²) < 4.78 is 0. The number of aryl methyl sites for hydroxylation is 1. The number of nitrogens with one attached hydrogen (secondary N) is 3. The highest BCUT2D eigenvalue weighted by atomic mass is 16.1. The van der Waals surface area contributed by atoms with E-state index in [0.29, 0.717) is 12.1 Å². The molecule has 144 valence electrons. The van der Waals surface area contributed by atoms with Crippen LogP contribution in [0.3, 0.4) is 0 Å². The molecule has 27 heavy (non-hydrogen) atoms. The van der Waals surface area contributed by atoms with E-state index in [9.17, 15) is 4.79 Å². The van der Waals surface area contributed by atoms with Crippen molar-refractivity contribution in [2.75, 3.05) is 7.05 Å². The van der Waals surface area contributed by atoms with Gasteiger partial charge in [0, 0.05) is 31.7 Å². The highest BCUT2D eigenvalue weighted by Gasteiger charge is 2.08. The minimum Gasteiger partial charge on any atom is -0.352 e. The van der Waals surface area contributed by atoms with Crippen LogP contribution in [0.2, 0.25) is 0 Å². The van der Waals surface area contributed by atoms with Gasteiger partial charge >= 0.3 is 0 Å². The van der Waals surface area contributed by atoms with Crippen LogP contribution in [0, 0.1) is 6.92 Å². The molecule has 0 saturated carbocycles. The van der Waals surface area contributed by atoms with Gasteiger partial charge in [-0.3, -0.25) is 9.79 Å². The maximum atomic E-state index is 12.1. The number of carbonyl (C=O) groups is 1. The third kappa shape index (κ3) is 6.44. The van der Waals surface area contributed by atoms with Gasteiger partial charge in [0.1, 0.15) is 0 Å². The molecule has 2 aromatic rings. The molecule has 3 N–H and O–H groups in total. The second-order valence-electron chi connectivity index (χ2n) is 6.69. The van der Waals surface area contributed by atoms with Crippen LogP contribution in [-0.4, -0.2) is 25.0 Å². The van der Waals surface area contributed by atoms with Crippen LogP contribution in [0.25, 0.3) is 0 Å². The zero-order valence-corrected chi connectivity index (χ0v) is 16.7. The molecule has 0 heterocycles. The molecule has 2 aromatic carbocycles. The van der Waals surface area contributed by atoms with Gasteiger partial charge in [0.05, 0.1) is 0 Å². The quantitative estimate of drug-likeness (QED) is 0.520. The van der Waals surface area contributed by atoms with Gasteiger partial charge in [-0.05, 0) is 49.1 Å². The number of amides is 1. The molecule has 0 aliphatic rings. The van der Waals surface area contributed by atoms with Gasteiger partial charge in [-0.1, -0.05) is 43.3 Å². The first-order valence-electron chi connectivity index (χ1n) is 9.42. The van der Waals surface area contributed by atoms with Crippen LogP contribution in [0.5, 0.6) is 0 Å². The number of aliphatic imine (C=N–C) groups is 1. The molecule has 1 atom stereocenters. The van der Waals surface area contributed by atoms with Gasteiger partial charge in [0.15, 0.2) is 5.96 Å². The summed E-state index contributed by atoms with van der Waals surface area (Å²) >= 11 is 0. The van der Waals surface area contributed by atoms with Crippen LogP contribution in [0.1, 0.15) is 47.3 Å². The standard InChI is InChI=1S/C22H30N4O/c1-5-17(3)26-21(27)19-12-10-18(11-13-19)14-24-22(23-4)25-15-20-9-7-6-8-16(20)2/h6-13,17H,5,14-15H2,1-4H3,(H,26,27)(H2,23,24,25). The van der Waals surface area contributed by atoms with E-state index < -0.39 is 0 Å². The van der Waals surface area contributed by atoms with Crippen molar-refractivity contribution in [3.05, 3.63) is 70.8 Å². The smallest absolute Gasteiger partial charge is 0.251 e. The van der Waals surface area contributed by atoms with E-state index in [1.165, 1.54) is 11.1 Å². The summed E-state index contributed by atoms with van der Waals surface area (Å²) in [5.41, 5.74) is 4.28. The van der Waals surface area contributed by atoms with E-state index in [4.69, 9.17) is 0 Å². The average Bonchev–Trinajstić information content (AvgIpc) is 2.69. The topological polar surface area (TPSA) is 65.5 Å². The molecule has 0 aliphatic carbocycles. The Morgan fingerprint density at radius 2 is 1.70 bits per heavy atom. The predicted octanol–water partition coefficient (Wildman–Crippen LogP) is 3.39. The average molecular weight is 367 g/mol. The molecule has 0 radical (unpaired) electrons. The highest BCUT2D eigenvalue weighted by Crippen LogP contribution is 2.07. The Hall–Kier alpha value is -2.82. The Labute approximate surface area is 162 Å². The maximum absolute atomic E-state index is 12.1. The van der Waals surface area contributed by atoms with Crippen molar-refractivity contribution in [2.24, 2.45) is 4.99 Å². The fourth-order valence-electron chi connectivity index (χ4n) is 2.58. The van der Waals surface area contributed by atoms with Crippen LogP contribution in [0.4, 0.5) is 0 Å². The number of rotatable bonds is 7. The molecule has 2 rings (SSSR count). The Morgan fingerprint density at radius 1 is 1.04 bits per heavy atom. The van der Waals surface area contributed by atoms with E-state index in [0.717, 1.165) is 24.5 Å². The summed E-state index contributed by atoms with van der Waals surface area (Å²) in [5.74, 6) is 0.719. The summed E-state index contributed by atoms with van der Waals surface area (Å²) in [4.78, 5) is 16.4. The fourth-order valence-corrected chi connectivity index (χ4v) is 2.58. The number of hydrogen-bond donors (Lipinski definition) is 3. The third-order valence-corrected chi connectivity index (χ3v) is 4.60. The first kappa shape index (κ1) is 20.5. The number of guanidine groups is 1. The SMILES string of the molecule is CCC(C)NC(=O)c1ccc(CNC(=NC)NCc2ccccc2C)cc1. The lowest BCUT2D eigenvalue weighted by molar-refractivity contribution is 0.0939. The van der Waals surface area contributed by atoms with Crippen LogP contribution in [-0.2, 0) is 13.1 Å². The zero-order valence-electron chi connectivity index (χ0n) is 16.7. The van der Waals surface area contributed by atoms with Crippen molar-refractivity contribution in [2.45, 2.75) is 46.3 Å². The minimum atomic E-state index is -0.0282. The second kappa shape index (κ2) is 10.4. The molecule has 0 aromatic heterocycles. The van der Waals surface area contributed by atoms with Crippen LogP contribution >= 0.6 is 0 Å². The first-order valence-corrected chi connectivity index (χ1v) is 9.42. The lowest BCUT2D eigenvalue weighted by atomic mass is 10.1. The predicted molar refractivity (Wildman–Crippen MR) is 112 cm³/mol. The molecule has 0 spiro atoms. The zero-order chi connectivity index (χ0) is 19.6. The van der Waals surface area contributed by atoms with Gasteiger partial charge < -0.3 is 16.0 Å². The van der Waals surface area contributed by atoms with Gasteiger partial charge in [0.25, 0.3) is 5.91 Å². The Balaban J connectivity index is 1.85. The molecule has 5 heteroatoms. The Kier molecular flexibility index (Phi) is 7.86. The van der Waals surface area contributed by atoms with Crippen molar-refractivity contribution >= 4 is 11.9 Å². The highest BCUT2D eigenvalue weighted by molar-refractivity contribution is 5.94. The molecule has 0 bridgehead atoms. The fraction of sp³-hybridized carbons (Fsp3) is 0.364. The first-order chi connectivity index (χ1) is 13.0. The third-order valence-electron chi connectivity index (χ3n) is 4.60. The molecule has 0 saturated heterocycles. The van der Waals surface area contributed by atoms with Crippen molar-refractivity contribution in [1.29, 1.82) is 0 Å². The van der Waals surface area contributed by atoms with Crippen LogP contribution in [0.15, 0.2) is 53.5 Å². The van der Waals surface area contributed by atoms with Crippen molar-refractivity contribution in [3.8, 4) is 0 Å². The van der Waals surface area contributed by atoms with Gasteiger partial charge in [-0.2, -0.15) is 0 Å². The second-order valence-corrected chi connectivity index (χ2v) is 6.69. The molecular weight excluding hydrogens is 336 g/mol. The summed E-state index contributed by atoms with van der Waals surface area (Å²) in [6, 6.07) is 16.1. The summed E-state index contributed by atoms with van der Waals surface area (Å²) in [6.45, 7) is 7.53. The van der Waals surface area contributed by atoms with E-state index >= 15 is 0 Å². The van der Waals surface area contributed by atoms with Crippen molar-refractivity contribution < 1.29 is 4.79 Å². The molecule has 1 amide bonds. The van der Waals surface area contributed by atoms with Crippen molar-refractivity contribution in [3.63, 3.8) is 0 Å². The summed E-state index contributed by atoms with van der Waals surface area (Å²) in [6.07, 6.45) is 0.919. The van der Waals surface area contributed by atoms with Crippen molar-refractivity contribution in [1.82, 2.24) is 16.0 Å². The summed E-state index contributed by atoms with van der Waals surface area (Å²) in [7, 11) is 1.76. The number of benzene rings is 2. The largest absolute Gasteiger partial charge is 0.352 e. The van der Waals surface area contributed by atoms with Gasteiger partial charge in [0.2, 0.25) is 0 Å². The lowest BCUT2D eigenvalue weighted by Crippen LogP contribution is -2.36. The molecular formula is C22H30N4O. The Morgan fingerprint density at radius 3 is 2.33 bits per heavy atom. The minimum absolute atomic E-state index is 0.0282. The van der Waals surface area contributed by atoms with E-state index in [1.54, 1.807) is 7.05 Å². The number of hydrogen-bond acceptors (Lipinski definition) is 2. The van der Waals surface area contributed by atoms with Crippen LogP contribution < -0.4 is 16.0 Å². The van der Waals surface area contributed by atoms with Gasteiger partial charge in [-0.15, -0.1) is 0 Å². The molecule has 1 unspecified atom stereocenters. The van der Waals surface area contributed by atoms with E-state index in [1.807, 2.05) is 43.3 Å². The molecule has 0 aliphatic heterocycles. The summed E-state index contributed by atoms with van der Waals surface area (Å²) in [5, 5.41) is 9.61. The monoisotopic (exact) mass is 366 g/mol. The number of carbonyl (C=O) groups excluding carboxylic acids is 1. The van der Waals surface area contributed by atoms with E-state index in [-0.39, 0.29) is 11.9 Å². The Bertz CT molecular complexity index is 768.